The lowest BCUT2D eigenvalue weighted by atomic mass is 9.93. The molecule has 1 aliphatic carbocycles. The summed E-state index contributed by atoms with van der Waals surface area (Å²) in [5, 5.41) is 0. The zero-order valence-electron chi connectivity index (χ0n) is 15.1. The lowest BCUT2D eigenvalue weighted by molar-refractivity contribution is 0.0138. The number of morpholine rings is 1. The molecular weight excluding hydrogens is 408 g/mol. The van der Waals surface area contributed by atoms with Gasteiger partial charge in [-0.15, -0.1) is 0 Å². The van der Waals surface area contributed by atoms with Crippen LogP contribution in [0.15, 0.2) is 58.1 Å². The van der Waals surface area contributed by atoms with Gasteiger partial charge in [-0.3, -0.25) is 14.3 Å². The Morgan fingerprint density at radius 2 is 2.11 bits per heavy atom. The minimum Gasteiger partial charge on any atom is -0.374 e. The Morgan fingerprint density at radius 1 is 1.30 bits per heavy atom. The van der Waals surface area contributed by atoms with Gasteiger partial charge >= 0.3 is 0 Å². The van der Waals surface area contributed by atoms with Crippen LogP contribution in [-0.2, 0) is 11.8 Å². The van der Waals surface area contributed by atoms with Gasteiger partial charge in [0.2, 0.25) is 5.95 Å². The number of nitrogens with zero attached hydrogens (tertiary/aromatic N) is 4. The van der Waals surface area contributed by atoms with Crippen LogP contribution in [0.1, 0.15) is 6.42 Å². The first-order valence-electron chi connectivity index (χ1n) is 9.01. The van der Waals surface area contributed by atoms with Crippen LogP contribution < -0.4 is 10.5 Å². The molecule has 0 N–H and O–H groups in total. The van der Waals surface area contributed by atoms with E-state index >= 15 is 0 Å². The number of pyridine rings is 1. The third-order valence-corrected chi connectivity index (χ3v) is 5.53. The topological polar surface area (TPSA) is 60.2 Å². The molecule has 140 valence electrons. The molecule has 0 amide bonds. The van der Waals surface area contributed by atoms with Crippen LogP contribution in [0.3, 0.4) is 0 Å². The largest absolute Gasteiger partial charge is 0.374 e. The molecule has 2 aromatic heterocycles. The average molecular weight is 429 g/mol. The number of anilines is 1. The summed E-state index contributed by atoms with van der Waals surface area (Å²) in [4.78, 5) is 23.5. The Morgan fingerprint density at radius 3 is 2.89 bits per heavy atom. The second kappa shape index (κ2) is 7.78. The molecule has 1 saturated heterocycles. The molecule has 6 nitrogen and oxygen atoms in total. The fourth-order valence-corrected chi connectivity index (χ4v) is 4.05. The molecule has 2 aromatic rings. The van der Waals surface area contributed by atoms with Gasteiger partial charge in [0.1, 0.15) is 0 Å². The van der Waals surface area contributed by atoms with Gasteiger partial charge in [-0.05, 0) is 18.6 Å². The van der Waals surface area contributed by atoms with Crippen LogP contribution in [0.4, 0.5) is 5.95 Å². The molecule has 2 atom stereocenters. The molecule has 0 aromatic carbocycles. The third kappa shape index (κ3) is 3.89. The maximum Gasteiger partial charge on any atom is 0.255 e. The first-order valence-corrected chi connectivity index (χ1v) is 9.80. The van der Waals surface area contributed by atoms with Crippen molar-refractivity contribution >= 4 is 21.9 Å². The number of hydrogen-bond acceptors (Lipinski definition) is 5. The van der Waals surface area contributed by atoms with Crippen LogP contribution >= 0.6 is 15.9 Å². The summed E-state index contributed by atoms with van der Waals surface area (Å²) < 4.78 is 8.74. The van der Waals surface area contributed by atoms with Gasteiger partial charge in [0.25, 0.3) is 5.56 Å². The second-order valence-corrected chi connectivity index (χ2v) is 7.70. The molecule has 0 bridgehead atoms. The summed E-state index contributed by atoms with van der Waals surface area (Å²) in [7, 11) is 1.77. The predicted molar refractivity (Wildman–Crippen MR) is 109 cm³/mol. The molecule has 7 heteroatoms. The number of allylic oxidation sites excluding steroid dienone is 3. The van der Waals surface area contributed by atoms with Gasteiger partial charge in [-0.25, -0.2) is 4.98 Å². The van der Waals surface area contributed by atoms with Gasteiger partial charge in [0, 0.05) is 54.6 Å². The van der Waals surface area contributed by atoms with E-state index in [-0.39, 0.29) is 11.7 Å². The van der Waals surface area contributed by atoms with Crippen molar-refractivity contribution < 1.29 is 4.74 Å². The highest BCUT2D eigenvalue weighted by atomic mass is 79.9. The Hall–Kier alpha value is -2.25. The highest BCUT2D eigenvalue weighted by Gasteiger charge is 2.29. The summed E-state index contributed by atoms with van der Waals surface area (Å²) in [5.74, 6) is 0.990. The number of aromatic nitrogens is 3. The van der Waals surface area contributed by atoms with Crippen molar-refractivity contribution in [2.45, 2.75) is 12.5 Å². The first kappa shape index (κ1) is 18.1. The van der Waals surface area contributed by atoms with E-state index < -0.39 is 0 Å². The Balaban J connectivity index is 1.63. The molecule has 4 rings (SSSR count). The number of ether oxygens (including phenoxy) is 1. The zero-order chi connectivity index (χ0) is 18.8. The van der Waals surface area contributed by atoms with Crippen molar-refractivity contribution in [3.05, 3.63) is 63.7 Å². The molecule has 1 fully saturated rings. The molecular formula is C20H21BrN4O2. The first-order chi connectivity index (χ1) is 13.1. The zero-order valence-corrected chi connectivity index (χ0v) is 16.7. The van der Waals surface area contributed by atoms with E-state index in [1.165, 1.54) is 0 Å². The molecule has 1 unspecified atom stereocenters. The highest BCUT2D eigenvalue weighted by Crippen LogP contribution is 2.28. The Kier molecular flexibility index (Phi) is 5.22. The number of halogens is 1. The van der Waals surface area contributed by atoms with Gasteiger partial charge in [-0.1, -0.05) is 34.2 Å². The lowest BCUT2D eigenvalue weighted by Gasteiger charge is -2.37. The van der Waals surface area contributed by atoms with E-state index in [0.29, 0.717) is 37.3 Å². The maximum absolute atomic E-state index is 12.5. The van der Waals surface area contributed by atoms with Crippen LogP contribution in [0.25, 0.3) is 11.3 Å². The fraction of sp³-hybridized carbons (Fsp3) is 0.350. The molecule has 2 aliphatic rings. The van der Waals surface area contributed by atoms with Crippen molar-refractivity contribution in [1.29, 1.82) is 0 Å². The molecule has 0 spiro atoms. The van der Waals surface area contributed by atoms with Crippen molar-refractivity contribution in [3.63, 3.8) is 0 Å². The second-order valence-electron chi connectivity index (χ2n) is 6.78. The van der Waals surface area contributed by atoms with Gasteiger partial charge in [0.05, 0.1) is 18.4 Å². The smallest absolute Gasteiger partial charge is 0.255 e. The van der Waals surface area contributed by atoms with E-state index in [9.17, 15) is 4.79 Å². The van der Waals surface area contributed by atoms with Crippen LogP contribution in [0.5, 0.6) is 0 Å². The lowest BCUT2D eigenvalue weighted by Crippen LogP contribution is -2.47. The Bertz CT molecular complexity index is 939. The quantitative estimate of drug-likeness (QED) is 0.751. The van der Waals surface area contributed by atoms with Crippen LogP contribution in [-0.4, -0.2) is 40.3 Å². The molecule has 3 heterocycles. The summed E-state index contributed by atoms with van der Waals surface area (Å²) in [6, 6.07) is 5.30. The number of rotatable bonds is 3. The van der Waals surface area contributed by atoms with E-state index in [1.807, 2.05) is 12.1 Å². The SMILES string of the molecule is Cn1c(N2CCO[C@H](C3C=C(Br)C=CC3)C2)nc(-c2ccncc2)cc1=O. The fourth-order valence-electron chi connectivity index (χ4n) is 3.52. The molecule has 0 saturated carbocycles. The van der Waals surface area contributed by atoms with Gasteiger partial charge in [-0.2, -0.15) is 0 Å². The Labute approximate surface area is 166 Å². The predicted octanol–water partition coefficient (Wildman–Crippen LogP) is 2.90. The van der Waals surface area contributed by atoms with E-state index in [1.54, 1.807) is 30.1 Å². The highest BCUT2D eigenvalue weighted by molar-refractivity contribution is 9.11. The van der Waals surface area contributed by atoms with Gasteiger partial charge in [0.15, 0.2) is 0 Å². The summed E-state index contributed by atoms with van der Waals surface area (Å²) in [6.07, 6.45) is 10.9. The summed E-state index contributed by atoms with van der Waals surface area (Å²) >= 11 is 3.55. The normalized spacial score (nSPS) is 22.6. The van der Waals surface area contributed by atoms with Crippen LogP contribution in [0, 0.1) is 5.92 Å². The monoisotopic (exact) mass is 428 g/mol. The standard InChI is InChI=1S/C20H21BrN4O2/c1-24-19(26)12-17(14-5-7-22-8-6-14)23-20(24)25-9-10-27-18(13-25)15-3-2-4-16(21)11-15/h2,4-8,11-12,15,18H,3,9-10,13H2,1H3/t15?,18-/m0/s1. The van der Waals surface area contributed by atoms with Crippen molar-refractivity contribution in [1.82, 2.24) is 14.5 Å². The third-order valence-electron chi connectivity index (χ3n) is 5.00. The van der Waals surface area contributed by atoms with Crippen molar-refractivity contribution in [2.75, 3.05) is 24.6 Å². The van der Waals surface area contributed by atoms with Gasteiger partial charge < -0.3 is 9.64 Å². The summed E-state index contributed by atoms with van der Waals surface area (Å²) in [5.41, 5.74) is 1.48. The molecule has 1 aliphatic heterocycles. The average Bonchev–Trinajstić information content (AvgIpc) is 2.71. The van der Waals surface area contributed by atoms with Crippen LogP contribution in [0.2, 0.25) is 0 Å². The van der Waals surface area contributed by atoms with E-state index in [2.05, 4.69) is 44.0 Å². The van der Waals surface area contributed by atoms with Crippen molar-refractivity contribution in [3.8, 4) is 11.3 Å². The van der Waals surface area contributed by atoms with E-state index in [4.69, 9.17) is 9.72 Å². The summed E-state index contributed by atoms with van der Waals surface area (Å²) in [6.45, 7) is 2.03. The van der Waals surface area contributed by atoms with E-state index in [0.717, 1.165) is 16.5 Å². The number of hydrogen-bond donors (Lipinski definition) is 0. The molecule has 0 radical (unpaired) electrons. The molecule has 27 heavy (non-hydrogen) atoms. The minimum atomic E-state index is -0.0712. The van der Waals surface area contributed by atoms with Crippen molar-refractivity contribution in [2.24, 2.45) is 13.0 Å². The minimum absolute atomic E-state index is 0.0673. The maximum atomic E-state index is 12.5.